The Bertz CT molecular complexity index is 1000. The van der Waals surface area contributed by atoms with Crippen LogP contribution in [0.3, 0.4) is 0 Å². The molecule has 2 heterocycles. The number of aromatic nitrogens is 2. The summed E-state index contributed by atoms with van der Waals surface area (Å²) in [6.45, 7) is 4.87. The summed E-state index contributed by atoms with van der Waals surface area (Å²) in [5.41, 5.74) is 3.64. The summed E-state index contributed by atoms with van der Waals surface area (Å²) in [7, 11) is 0. The second-order valence-electron chi connectivity index (χ2n) is 7.55. The molecular weight excluding hydrogens is 376 g/mol. The van der Waals surface area contributed by atoms with Gasteiger partial charge < -0.3 is 9.80 Å². The minimum Gasteiger partial charge on any atom is -0.335 e. The maximum Gasteiger partial charge on any atom is 0.257 e. The number of rotatable bonds is 5. The van der Waals surface area contributed by atoms with Crippen LogP contribution < -0.4 is 0 Å². The van der Waals surface area contributed by atoms with E-state index in [0.717, 1.165) is 12.0 Å². The van der Waals surface area contributed by atoms with Gasteiger partial charge in [-0.2, -0.15) is 5.10 Å². The van der Waals surface area contributed by atoms with Gasteiger partial charge in [-0.05, 0) is 29.7 Å². The summed E-state index contributed by atoms with van der Waals surface area (Å²) in [5, 5.41) is 4.33. The molecule has 30 heavy (non-hydrogen) atoms. The van der Waals surface area contributed by atoms with Crippen molar-refractivity contribution in [3.8, 4) is 0 Å². The van der Waals surface area contributed by atoms with E-state index >= 15 is 0 Å². The highest BCUT2D eigenvalue weighted by molar-refractivity contribution is 5.95. The summed E-state index contributed by atoms with van der Waals surface area (Å²) in [6.07, 6.45) is 4.37. The van der Waals surface area contributed by atoms with E-state index in [1.54, 1.807) is 22.0 Å². The number of piperazine rings is 1. The normalized spacial score (nSPS) is 14.0. The number of benzene rings is 2. The molecule has 0 N–H and O–H groups in total. The smallest absolute Gasteiger partial charge is 0.257 e. The fourth-order valence-electron chi connectivity index (χ4n) is 3.69. The highest BCUT2D eigenvalue weighted by Crippen LogP contribution is 2.13. The van der Waals surface area contributed by atoms with E-state index in [9.17, 15) is 9.59 Å². The van der Waals surface area contributed by atoms with Crippen molar-refractivity contribution in [2.24, 2.45) is 0 Å². The summed E-state index contributed by atoms with van der Waals surface area (Å²) < 4.78 is 1.78. The van der Waals surface area contributed by atoms with Gasteiger partial charge in [0.1, 0.15) is 0 Å². The van der Waals surface area contributed by atoms with Gasteiger partial charge in [0.15, 0.2) is 0 Å². The Morgan fingerprint density at radius 1 is 0.800 bits per heavy atom. The van der Waals surface area contributed by atoms with E-state index < -0.39 is 0 Å². The first-order valence-electron chi connectivity index (χ1n) is 10.4. The van der Waals surface area contributed by atoms with Crippen molar-refractivity contribution in [1.29, 1.82) is 0 Å². The Morgan fingerprint density at radius 2 is 1.40 bits per heavy atom. The topological polar surface area (TPSA) is 58.4 Å². The summed E-state index contributed by atoms with van der Waals surface area (Å²) >= 11 is 0. The lowest BCUT2D eigenvalue weighted by atomic mass is 10.1. The van der Waals surface area contributed by atoms with Crippen molar-refractivity contribution in [3.63, 3.8) is 0 Å². The summed E-state index contributed by atoms with van der Waals surface area (Å²) in [5.74, 6) is -0.00542. The quantitative estimate of drug-likeness (QED) is 0.659. The van der Waals surface area contributed by atoms with Crippen LogP contribution in [0.5, 0.6) is 0 Å². The van der Waals surface area contributed by atoms with E-state index in [4.69, 9.17) is 0 Å². The predicted molar refractivity (Wildman–Crippen MR) is 115 cm³/mol. The van der Waals surface area contributed by atoms with Crippen LogP contribution in [-0.2, 0) is 13.0 Å². The number of aryl methyl sites for hydroxylation is 1. The molecule has 1 saturated heterocycles. The molecule has 6 nitrogen and oxygen atoms in total. The first kappa shape index (κ1) is 19.9. The van der Waals surface area contributed by atoms with Gasteiger partial charge >= 0.3 is 0 Å². The van der Waals surface area contributed by atoms with Gasteiger partial charge in [-0.1, -0.05) is 49.4 Å². The zero-order chi connectivity index (χ0) is 20.9. The monoisotopic (exact) mass is 402 g/mol. The molecule has 0 radical (unpaired) electrons. The molecular formula is C24H26N4O2. The molecule has 6 heteroatoms. The van der Waals surface area contributed by atoms with Crippen molar-refractivity contribution < 1.29 is 9.59 Å². The van der Waals surface area contributed by atoms with Crippen molar-refractivity contribution in [2.75, 3.05) is 26.2 Å². The third-order valence-corrected chi connectivity index (χ3v) is 5.53. The SMILES string of the molecule is CCc1ccc(C(=O)N2CCN(C(=O)c3cnn(Cc4ccccc4)c3)CC2)cc1. The molecule has 0 saturated carbocycles. The Labute approximate surface area is 176 Å². The van der Waals surface area contributed by atoms with Crippen LogP contribution in [0.4, 0.5) is 0 Å². The first-order valence-corrected chi connectivity index (χ1v) is 10.4. The molecule has 4 rings (SSSR count). The minimum atomic E-state index is -0.0336. The zero-order valence-electron chi connectivity index (χ0n) is 17.2. The van der Waals surface area contributed by atoms with Gasteiger partial charge in [-0.3, -0.25) is 14.3 Å². The number of carbonyl (C=O) groups excluding carboxylic acids is 2. The maximum absolute atomic E-state index is 12.9. The zero-order valence-corrected chi connectivity index (χ0v) is 17.2. The van der Waals surface area contributed by atoms with Gasteiger partial charge in [0, 0.05) is 37.9 Å². The van der Waals surface area contributed by atoms with Crippen LogP contribution in [0.25, 0.3) is 0 Å². The second-order valence-corrected chi connectivity index (χ2v) is 7.55. The Kier molecular flexibility index (Phi) is 5.93. The Balaban J connectivity index is 1.33. The van der Waals surface area contributed by atoms with Gasteiger partial charge in [0.2, 0.25) is 0 Å². The Morgan fingerprint density at radius 3 is 2.00 bits per heavy atom. The lowest BCUT2D eigenvalue weighted by Gasteiger charge is -2.34. The van der Waals surface area contributed by atoms with Crippen molar-refractivity contribution >= 4 is 11.8 Å². The number of nitrogens with zero attached hydrogens (tertiary/aromatic N) is 4. The molecule has 1 aromatic heterocycles. The number of hydrogen-bond donors (Lipinski definition) is 0. The van der Waals surface area contributed by atoms with E-state index in [-0.39, 0.29) is 11.8 Å². The minimum absolute atomic E-state index is 0.0282. The molecule has 3 aromatic rings. The average molecular weight is 402 g/mol. The molecule has 0 spiro atoms. The van der Waals surface area contributed by atoms with Crippen molar-refractivity contribution in [2.45, 2.75) is 19.9 Å². The third kappa shape index (κ3) is 4.43. The van der Waals surface area contributed by atoms with Gasteiger partial charge in [-0.25, -0.2) is 0 Å². The molecule has 0 atom stereocenters. The lowest BCUT2D eigenvalue weighted by Crippen LogP contribution is -2.50. The van der Waals surface area contributed by atoms with Crippen LogP contribution in [-0.4, -0.2) is 57.6 Å². The number of amides is 2. The fraction of sp³-hybridized carbons (Fsp3) is 0.292. The molecule has 154 valence electrons. The molecule has 2 amide bonds. The van der Waals surface area contributed by atoms with Crippen molar-refractivity contribution in [3.05, 3.63) is 89.2 Å². The third-order valence-electron chi connectivity index (χ3n) is 5.53. The van der Waals surface area contributed by atoms with E-state index in [1.165, 1.54) is 5.56 Å². The molecule has 1 fully saturated rings. The summed E-state index contributed by atoms with van der Waals surface area (Å²) in [6, 6.07) is 17.8. The summed E-state index contributed by atoms with van der Waals surface area (Å²) in [4.78, 5) is 29.2. The molecule has 2 aromatic carbocycles. The molecule has 0 unspecified atom stereocenters. The average Bonchev–Trinajstić information content (AvgIpc) is 3.27. The highest BCUT2D eigenvalue weighted by atomic mass is 16.2. The Hall–Kier alpha value is -3.41. The predicted octanol–water partition coefficient (Wildman–Crippen LogP) is 3.09. The standard InChI is InChI=1S/C24H26N4O2/c1-2-19-8-10-21(11-9-19)23(29)26-12-14-27(15-13-26)24(30)22-16-25-28(18-22)17-20-6-4-3-5-7-20/h3-11,16,18H,2,12-15,17H2,1H3. The maximum atomic E-state index is 12.9. The molecule has 0 aliphatic carbocycles. The fourth-order valence-corrected chi connectivity index (χ4v) is 3.69. The van der Waals surface area contributed by atoms with E-state index in [2.05, 4.69) is 12.0 Å². The second kappa shape index (κ2) is 8.95. The lowest BCUT2D eigenvalue weighted by molar-refractivity contribution is 0.0535. The van der Waals surface area contributed by atoms with E-state index in [0.29, 0.717) is 43.9 Å². The van der Waals surface area contributed by atoms with Crippen LogP contribution >= 0.6 is 0 Å². The van der Waals surface area contributed by atoms with Crippen LogP contribution in [0.15, 0.2) is 67.0 Å². The molecule has 1 aliphatic rings. The number of hydrogen-bond acceptors (Lipinski definition) is 3. The van der Waals surface area contributed by atoms with E-state index in [1.807, 2.05) is 59.5 Å². The van der Waals surface area contributed by atoms with Crippen LogP contribution in [0.1, 0.15) is 38.8 Å². The highest BCUT2D eigenvalue weighted by Gasteiger charge is 2.26. The van der Waals surface area contributed by atoms with Gasteiger partial charge in [0.05, 0.1) is 18.3 Å². The first-order chi connectivity index (χ1) is 14.6. The van der Waals surface area contributed by atoms with Crippen molar-refractivity contribution in [1.82, 2.24) is 19.6 Å². The number of carbonyl (C=O) groups is 2. The van der Waals surface area contributed by atoms with Gasteiger partial charge in [-0.15, -0.1) is 0 Å². The molecule has 0 bridgehead atoms. The van der Waals surface area contributed by atoms with Crippen LogP contribution in [0.2, 0.25) is 0 Å². The molecule has 1 aliphatic heterocycles. The van der Waals surface area contributed by atoms with Crippen LogP contribution in [0, 0.1) is 0 Å². The largest absolute Gasteiger partial charge is 0.335 e. The van der Waals surface area contributed by atoms with Gasteiger partial charge in [0.25, 0.3) is 11.8 Å².